The third-order valence-electron chi connectivity index (χ3n) is 7.42. The van der Waals surface area contributed by atoms with Gasteiger partial charge in [0.2, 0.25) is 0 Å². The first-order valence-corrected chi connectivity index (χ1v) is 11.9. The molecule has 0 radical (unpaired) electrons. The van der Waals surface area contributed by atoms with Crippen LogP contribution in [0, 0.1) is 0 Å². The molecule has 0 unspecified atom stereocenters. The molecule has 0 amide bonds. The zero-order valence-corrected chi connectivity index (χ0v) is 18.8. The zero-order chi connectivity index (χ0) is 21.5. The van der Waals surface area contributed by atoms with Crippen molar-refractivity contribution in [2.45, 2.75) is 25.7 Å². The highest BCUT2D eigenvalue weighted by molar-refractivity contribution is 5.95. The number of hydrogen-bond donors (Lipinski definition) is 0. The smallest absolute Gasteiger partial charge is 0.120 e. The molecule has 0 atom stereocenters. The minimum Gasteiger partial charge on any atom is -0.497 e. The Morgan fingerprint density at radius 3 is 2.41 bits per heavy atom. The number of allylic oxidation sites excluding steroid dienone is 4. The number of anilines is 2. The fraction of sp³-hybridized carbons (Fsp3) is 0.310. The highest BCUT2D eigenvalue weighted by atomic mass is 16.5. The molecular weight excluding hydrogens is 392 g/mol. The summed E-state index contributed by atoms with van der Waals surface area (Å²) >= 11 is 0. The predicted octanol–water partition coefficient (Wildman–Crippen LogP) is 6.22. The van der Waals surface area contributed by atoms with Crippen molar-refractivity contribution in [2.24, 2.45) is 0 Å². The van der Waals surface area contributed by atoms with Crippen molar-refractivity contribution >= 4 is 27.7 Å². The van der Waals surface area contributed by atoms with Crippen LogP contribution in [0.5, 0.6) is 5.75 Å². The minimum atomic E-state index is 0.925. The van der Waals surface area contributed by atoms with E-state index in [1.807, 2.05) is 6.07 Å². The predicted molar refractivity (Wildman–Crippen MR) is 135 cm³/mol. The van der Waals surface area contributed by atoms with Crippen LogP contribution < -0.4 is 14.5 Å². The first-order chi connectivity index (χ1) is 15.8. The van der Waals surface area contributed by atoms with Gasteiger partial charge in [-0.15, -0.1) is 0 Å². The highest BCUT2D eigenvalue weighted by Gasteiger charge is 2.22. The van der Waals surface area contributed by atoms with E-state index in [9.17, 15) is 0 Å². The molecule has 0 bridgehead atoms. The molecule has 3 nitrogen and oxygen atoms in total. The Kier molecular flexibility index (Phi) is 4.90. The van der Waals surface area contributed by atoms with Gasteiger partial charge in [-0.25, -0.2) is 0 Å². The van der Waals surface area contributed by atoms with Crippen LogP contribution in [-0.2, 0) is 6.42 Å². The van der Waals surface area contributed by atoms with Crippen LogP contribution in [0.2, 0.25) is 0 Å². The second kappa shape index (κ2) is 8.05. The maximum absolute atomic E-state index is 5.40. The van der Waals surface area contributed by atoms with Gasteiger partial charge < -0.3 is 14.5 Å². The Hall–Kier alpha value is -3.20. The van der Waals surface area contributed by atoms with E-state index in [1.54, 1.807) is 18.2 Å². The van der Waals surface area contributed by atoms with Crippen molar-refractivity contribution in [1.82, 2.24) is 0 Å². The molecule has 1 fully saturated rings. The van der Waals surface area contributed by atoms with E-state index in [-0.39, 0.29) is 0 Å². The topological polar surface area (TPSA) is 15.7 Å². The molecule has 32 heavy (non-hydrogen) atoms. The molecule has 2 aliphatic carbocycles. The molecule has 0 saturated carbocycles. The van der Waals surface area contributed by atoms with Crippen LogP contribution in [0.25, 0.3) is 16.3 Å². The van der Waals surface area contributed by atoms with E-state index >= 15 is 0 Å². The molecule has 1 aliphatic heterocycles. The standard InChI is InChI=1S/C29H30N2O/c1-32-25-7-4-6-23(20-25)30-15-17-31(18-16-30)24-11-14-27-22(19-24)10-13-28-26-8-3-2-5-21(26)9-12-29(27)28/h3-4,6-8,10-11,13-14,19-20H,2,5,9,12,15-18H2,1H3. The second-order valence-corrected chi connectivity index (χ2v) is 9.13. The molecule has 0 spiro atoms. The van der Waals surface area contributed by atoms with Crippen molar-refractivity contribution in [1.29, 1.82) is 0 Å². The molecule has 1 saturated heterocycles. The fourth-order valence-electron chi connectivity index (χ4n) is 5.66. The number of hydrogen-bond acceptors (Lipinski definition) is 3. The van der Waals surface area contributed by atoms with Crippen molar-refractivity contribution in [3.63, 3.8) is 0 Å². The summed E-state index contributed by atoms with van der Waals surface area (Å²) in [5, 5.41) is 2.81. The Morgan fingerprint density at radius 2 is 1.59 bits per heavy atom. The van der Waals surface area contributed by atoms with Gasteiger partial charge in [0.15, 0.2) is 0 Å². The summed E-state index contributed by atoms with van der Waals surface area (Å²) < 4.78 is 5.40. The van der Waals surface area contributed by atoms with Gasteiger partial charge in [0.05, 0.1) is 7.11 Å². The third-order valence-corrected chi connectivity index (χ3v) is 7.42. The first-order valence-electron chi connectivity index (χ1n) is 11.9. The maximum atomic E-state index is 5.40. The zero-order valence-electron chi connectivity index (χ0n) is 18.8. The summed E-state index contributed by atoms with van der Waals surface area (Å²) in [6, 6.07) is 20.2. The molecule has 3 heteroatoms. The maximum Gasteiger partial charge on any atom is 0.120 e. The number of rotatable bonds is 3. The lowest BCUT2D eigenvalue weighted by atomic mass is 9.79. The average Bonchev–Trinajstić information content (AvgIpc) is 2.88. The Morgan fingerprint density at radius 1 is 0.781 bits per heavy atom. The molecule has 0 N–H and O–H groups in total. The van der Waals surface area contributed by atoms with E-state index in [2.05, 4.69) is 70.5 Å². The van der Waals surface area contributed by atoms with Crippen molar-refractivity contribution in [2.75, 3.05) is 43.1 Å². The Bertz CT molecular complexity index is 1230. The normalized spacial score (nSPS) is 18.0. The van der Waals surface area contributed by atoms with E-state index < -0.39 is 0 Å². The molecule has 0 aromatic heterocycles. The molecule has 1 heterocycles. The van der Waals surface area contributed by atoms with E-state index in [4.69, 9.17) is 4.74 Å². The fourth-order valence-corrected chi connectivity index (χ4v) is 5.66. The monoisotopic (exact) mass is 422 g/mol. The minimum absolute atomic E-state index is 0.925. The Balaban J connectivity index is 1.23. The van der Waals surface area contributed by atoms with Gasteiger partial charge in [-0.2, -0.15) is 0 Å². The summed E-state index contributed by atoms with van der Waals surface area (Å²) in [7, 11) is 1.73. The number of fused-ring (bicyclic) bond motifs is 4. The van der Waals surface area contributed by atoms with Crippen LogP contribution in [0.3, 0.4) is 0 Å². The SMILES string of the molecule is COc1cccc(N2CCN(c3ccc4c5c(ccc4c3)C3=C(CCC=C3)CC5)CC2)c1. The Labute approximate surface area is 190 Å². The molecular formula is C29H30N2O. The lowest BCUT2D eigenvalue weighted by molar-refractivity contribution is 0.414. The largest absolute Gasteiger partial charge is 0.497 e. The number of methoxy groups -OCH3 is 1. The molecule has 162 valence electrons. The quantitative estimate of drug-likeness (QED) is 0.498. The molecule has 3 aliphatic rings. The van der Waals surface area contributed by atoms with Crippen molar-refractivity contribution in [3.8, 4) is 5.75 Å². The summed E-state index contributed by atoms with van der Waals surface area (Å²) in [5.74, 6) is 0.925. The third kappa shape index (κ3) is 3.37. The average molecular weight is 423 g/mol. The lowest BCUT2D eigenvalue weighted by Gasteiger charge is -2.37. The van der Waals surface area contributed by atoms with E-state index in [0.29, 0.717) is 0 Å². The van der Waals surface area contributed by atoms with Crippen LogP contribution in [-0.4, -0.2) is 33.3 Å². The van der Waals surface area contributed by atoms with E-state index in [0.717, 1.165) is 31.9 Å². The van der Waals surface area contributed by atoms with Crippen molar-refractivity contribution in [3.05, 3.63) is 83.4 Å². The van der Waals surface area contributed by atoms with Gasteiger partial charge in [-0.05, 0) is 77.4 Å². The summed E-state index contributed by atoms with van der Waals surface area (Å²) in [5.41, 5.74) is 8.76. The van der Waals surface area contributed by atoms with Gasteiger partial charge in [0.25, 0.3) is 0 Å². The van der Waals surface area contributed by atoms with E-state index in [1.165, 1.54) is 59.0 Å². The van der Waals surface area contributed by atoms with Gasteiger partial charge >= 0.3 is 0 Å². The number of piperazine rings is 1. The molecule has 3 aromatic carbocycles. The summed E-state index contributed by atoms with van der Waals surface area (Å²) in [6.07, 6.45) is 9.54. The number of nitrogens with zero attached hydrogens (tertiary/aromatic N) is 2. The van der Waals surface area contributed by atoms with Crippen LogP contribution >= 0.6 is 0 Å². The van der Waals surface area contributed by atoms with Gasteiger partial charge in [-0.3, -0.25) is 0 Å². The number of aryl methyl sites for hydroxylation is 1. The van der Waals surface area contributed by atoms with Crippen LogP contribution in [0.1, 0.15) is 30.4 Å². The van der Waals surface area contributed by atoms with Gasteiger partial charge in [0.1, 0.15) is 5.75 Å². The molecule has 3 aromatic rings. The van der Waals surface area contributed by atoms with Crippen LogP contribution in [0.15, 0.2) is 72.3 Å². The first kappa shape index (κ1) is 19.5. The summed E-state index contributed by atoms with van der Waals surface area (Å²) in [6.45, 7) is 4.13. The summed E-state index contributed by atoms with van der Waals surface area (Å²) in [4.78, 5) is 4.99. The second-order valence-electron chi connectivity index (χ2n) is 9.13. The lowest BCUT2D eigenvalue weighted by Crippen LogP contribution is -2.46. The number of benzene rings is 3. The van der Waals surface area contributed by atoms with Gasteiger partial charge in [-0.1, -0.05) is 42.0 Å². The molecule has 6 rings (SSSR count). The van der Waals surface area contributed by atoms with Gasteiger partial charge in [0, 0.05) is 43.6 Å². The highest BCUT2D eigenvalue weighted by Crippen LogP contribution is 2.40. The van der Waals surface area contributed by atoms with Crippen molar-refractivity contribution < 1.29 is 4.74 Å². The van der Waals surface area contributed by atoms with Crippen LogP contribution in [0.4, 0.5) is 11.4 Å². The number of ether oxygens (including phenoxy) is 1.